The van der Waals surface area contributed by atoms with E-state index in [0.717, 1.165) is 37.5 Å². The molecule has 1 fully saturated rings. The van der Waals surface area contributed by atoms with Crippen LogP contribution >= 0.6 is 0 Å². The Labute approximate surface area is 161 Å². The van der Waals surface area contributed by atoms with Gasteiger partial charge in [0.2, 0.25) is 10.0 Å². The Kier molecular flexibility index (Phi) is 5.76. The molecule has 0 aliphatic carbocycles. The van der Waals surface area contributed by atoms with Crippen molar-refractivity contribution in [2.75, 3.05) is 18.4 Å². The van der Waals surface area contributed by atoms with Gasteiger partial charge in [0.05, 0.1) is 10.5 Å². The maximum atomic E-state index is 12.8. The van der Waals surface area contributed by atoms with E-state index in [-0.39, 0.29) is 16.1 Å². The van der Waals surface area contributed by atoms with E-state index in [4.69, 9.17) is 0 Å². The fourth-order valence-electron chi connectivity index (χ4n) is 3.03. The molecule has 0 unspecified atom stereocenters. The predicted molar refractivity (Wildman–Crippen MR) is 98.4 cm³/mol. The van der Waals surface area contributed by atoms with Crippen LogP contribution in [0, 0.1) is 0 Å². The molecule has 0 atom stereocenters. The van der Waals surface area contributed by atoms with Gasteiger partial charge in [-0.3, -0.25) is 4.79 Å². The number of hydrogen-bond acceptors (Lipinski definition) is 3. The van der Waals surface area contributed by atoms with E-state index < -0.39 is 27.7 Å². The van der Waals surface area contributed by atoms with Gasteiger partial charge < -0.3 is 5.32 Å². The summed E-state index contributed by atoms with van der Waals surface area (Å²) in [5.41, 5.74) is -0.902. The zero-order valence-electron chi connectivity index (χ0n) is 14.9. The molecule has 0 saturated carbocycles. The van der Waals surface area contributed by atoms with Crippen molar-refractivity contribution in [2.45, 2.75) is 30.3 Å². The summed E-state index contributed by atoms with van der Waals surface area (Å²) in [5.74, 6) is -0.751. The van der Waals surface area contributed by atoms with E-state index in [9.17, 15) is 26.4 Å². The number of rotatable bonds is 4. The molecule has 2 aromatic rings. The maximum absolute atomic E-state index is 12.8. The molecular weight excluding hydrogens is 393 g/mol. The minimum atomic E-state index is -4.56. The van der Waals surface area contributed by atoms with E-state index in [1.54, 1.807) is 0 Å². The lowest BCUT2D eigenvalue weighted by atomic mass is 10.1. The monoisotopic (exact) mass is 412 g/mol. The minimum absolute atomic E-state index is 0.0382. The maximum Gasteiger partial charge on any atom is 0.416 e. The Morgan fingerprint density at radius 2 is 1.64 bits per heavy atom. The smallest absolute Gasteiger partial charge is 0.322 e. The first-order valence-corrected chi connectivity index (χ1v) is 10.2. The number of hydrogen-bond donors (Lipinski definition) is 1. The highest BCUT2D eigenvalue weighted by atomic mass is 32.2. The highest BCUT2D eigenvalue weighted by Gasteiger charge is 2.31. The quantitative estimate of drug-likeness (QED) is 0.821. The van der Waals surface area contributed by atoms with Crippen molar-refractivity contribution in [3.8, 4) is 0 Å². The summed E-state index contributed by atoms with van der Waals surface area (Å²) in [6.07, 6.45) is -1.98. The molecule has 1 heterocycles. The Hall–Kier alpha value is -2.39. The predicted octanol–water partition coefficient (Wildman–Crippen LogP) is 4.13. The van der Waals surface area contributed by atoms with Crippen molar-refractivity contribution in [3.63, 3.8) is 0 Å². The molecule has 28 heavy (non-hydrogen) atoms. The van der Waals surface area contributed by atoms with Crippen LogP contribution in [-0.2, 0) is 16.2 Å². The van der Waals surface area contributed by atoms with Gasteiger partial charge in [-0.15, -0.1) is 0 Å². The van der Waals surface area contributed by atoms with Gasteiger partial charge in [0.1, 0.15) is 0 Å². The van der Waals surface area contributed by atoms with Crippen molar-refractivity contribution in [2.24, 2.45) is 0 Å². The Morgan fingerprint density at radius 3 is 2.32 bits per heavy atom. The third-order valence-electron chi connectivity index (χ3n) is 4.50. The zero-order valence-corrected chi connectivity index (χ0v) is 15.7. The van der Waals surface area contributed by atoms with Crippen LogP contribution < -0.4 is 5.32 Å². The second-order valence-corrected chi connectivity index (χ2v) is 8.46. The van der Waals surface area contributed by atoms with Gasteiger partial charge in [-0.25, -0.2) is 8.42 Å². The van der Waals surface area contributed by atoms with Crippen LogP contribution in [0.4, 0.5) is 18.9 Å². The number of amides is 1. The molecule has 1 aliphatic rings. The minimum Gasteiger partial charge on any atom is -0.322 e. The first kappa shape index (κ1) is 20.3. The number of anilines is 1. The summed E-state index contributed by atoms with van der Waals surface area (Å²) in [7, 11) is -3.68. The molecule has 5 nitrogen and oxygen atoms in total. The first-order valence-electron chi connectivity index (χ1n) is 8.77. The van der Waals surface area contributed by atoms with Gasteiger partial charge in [-0.2, -0.15) is 17.5 Å². The van der Waals surface area contributed by atoms with E-state index in [0.29, 0.717) is 13.1 Å². The fraction of sp³-hybridized carbons (Fsp3) is 0.316. The second kappa shape index (κ2) is 7.92. The van der Waals surface area contributed by atoms with Crippen LogP contribution in [-0.4, -0.2) is 31.7 Å². The van der Waals surface area contributed by atoms with E-state index >= 15 is 0 Å². The van der Waals surface area contributed by atoms with Gasteiger partial charge in [-0.1, -0.05) is 18.6 Å². The fourth-order valence-corrected chi connectivity index (χ4v) is 4.59. The van der Waals surface area contributed by atoms with Crippen LogP contribution in [0.15, 0.2) is 53.4 Å². The first-order chi connectivity index (χ1) is 13.2. The molecule has 3 rings (SSSR count). The van der Waals surface area contributed by atoms with Gasteiger partial charge in [-0.05, 0) is 49.2 Å². The summed E-state index contributed by atoms with van der Waals surface area (Å²) in [5, 5.41) is 2.46. The van der Waals surface area contributed by atoms with Crippen molar-refractivity contribution >= 4 is 21.6 Å². The standard InChI is InChI=1S/C19H19F3N2O3S/c20-19(21,22)15-7-4-6-14(12-15)18(25)23-16-8-5-9-17(13-16)28(26,27)24-10-2-1-3-11-24/h4-9,12-13H,1-3,10-11H2,(H,23,25). The average molecular weight is 412 g/mol. The van der Waals surface area contributed by atoms with Gasteiger partial charge >= 0.3 is 6.18 Å². The SMILES string of the molecule is O=C(Nc1cccc(S(=O)(=O)N2CCCCC2)c1)c1cccc(C(F)(F)F)c1. The number of carbonyl (C=O) groups excluding carboxylic acids is 1. The summed E-state index contributed by atoms with van der Waals surface area (Å²) in [4.78, 5) is 12.4. The lowest BCUT2D eigenvalue weighted by Crippen LogP contribution is -2.35. The van der Waals surface area contributed by atoms with E-state index in [1.165, 1.54) is 34.6 Å². The normalized spacial score (nSPS) is 16.0. The van der Waals surface area contributed by atoms with Crippen LogP contribution in [0.2, 0.25) is 0 Å². The van der Waals surface area contributed by atoms with Crippen LogP contribution in [0.5, 0.6) is 0 Å². The number of benzene rings is 2. The number of alkyl halides is 3. The summed E-state index contributed by atoms with van der Waals surface area (Å²) in [6, 6.07) is 9.76. The number of halogens is 3. The molecule has 1 aliphatic heterocycles. The number of nitrogens with one attached hydrogen (secondary N) is 1. The molecule has 0 radical (unpaired) electrons. The highest BCUT2D eigenvalue weighted by molar-refractivity contribution is 7.89. The summed E-state index contributed by atoms with van der Waals surface area (Å²) < 4.78 is 65.3. The molecule has 2 aromatic carbocycles. The summed E-state index contributed by atoms with van der Waals surface area (Å²) >= 11 is 0. The highest BCUT2D eigenvalue weighted by Crippen LogP contribution is 2.30. The van der Waals surface area contributed by atoms with Crippen molar-refractivity contribution in [3.05, 3.63) is 59.7 Å². The molecule has 0 spiro atoms. The van der Waals surface area contributed by atoms with Gasteiger partial charge in [0.25, 0.3) is 5.91 Å². The van der Waals surface area contributed by atoms with Crippen molar-refractivity contribution in [1.82, 2.24) is 4.31 Å². The van der Waals surface area contributed by atoms with E-state index in [1.807, 2.05) is 0 Å². The average Bonchev–Trinajstić information content (AvgIpc) is 2.68. The van der Waals surface area contributed by atoms with Crippen molar-refractivity contribution < 1.29 is 26.4 Å². The largest absolute Gasteiger partial charge is 0.416 e. The van der Waals surface area contributed by atoms with Crippen LogP contribution in [0.1, 0.15) is 35.2 Å². The van der Waals surface area contributed by atoms with Gasteiger partial charge in [0.15, 0.2) is 0 Å². The van der Waals surface area contributed by atoms with Crippen LogP contribution in [0.25, 0.3) is 0 Å². The lowest BCUT2D eigenvalue weighted by molar-refractivity contribution is -0.137. The second-order valence-electron chi connectivity index (χ2n) is 6.53. The number of piperidine rings is 1. The molecule has 1 saturated heterocycles. The molecule has 9 heteroatoms. The molecule has 0 bridgehead atoms. The number of nitrogens with zero attached hydrogens (tertiary/aromatic N) is 1. The Balaban J connectivity index is 1.80. The molecule has 1 N–H and O–H groups in total. The molecule has 150 valence electrons. The topological polar surface area (TPSA) is 66.5 Å². The zero-order chi connectivity index (χ0) is 20.4. The molecular formula is C19H19F3N2O3S. The molecule has 0 aromatic heterocycles. The number of carbonyl (C=O) groups is 1. The van der Waals surface area contributed by atoms with E-state index in [2.05, 4.69) is 5.32 Å². The number of sulfonamides is 1. The Bertz CT molecular complexity index is 968. The Morgan fingerprint density at radius 1 is 0.964 bits per heavy atom. The lowest BCUT2D eigenvalue weighted by Gasteiger charge is -2.26. The van der Waals surface area contributed by atoms with Gasteiger partial charge in [0, 0.05) is 24.3 Å². The van der Waals surface area contributed by atoms with Crippen molar-refractivity contribution in [1.29, 1.82) is 0 Å². The summed E-state index contributed by atoms with van der Waals surface area (Å²) in [6.45, 7) is 0.895. The third kappa shape index (κ3) is 4.53. The van der Waals surface area contributed by atoms with Crippen LogP contribution in [0.3, 0.4) is 0 Å². The third-order valence-corrected chi connectivity index (χ3v) is 6.39. The molecule has 1 amide bonds.